The minimum absolute atomic E-state index is 0.123. The molecule has 2 aromatic heterocycles. The number of fused-ring (bicyclic) bond motifs is 1. The number of unbranched alkanes of at least 4 members (excludes halogenated alkanes) is 3. The first-order chi connectivity index (χ1) is 20.0. The first-order valence-electron chi connectivity index (χ1n) is 14.2. The van der Waals surface area contributed by atoms with Crippen molar-refractivity contribution in [3.05, 3.63) is 77.2 Å². The number of likely N-dealkylation sites (tertiary alicyclic amines) is 1. The molecule has 0 atom stereocenters. The van der Waals surface area contributed by atoms with Gasteiger partial charge in [-0.1, -0.05) is 55.4 Å². The Labute approximate surface area is 246 Å². The summed E-state index contributed by atoms with van der Waals surface area (Å²) in [7, 11) is 5.55. The summed E-state index contributed by atoms with van der Waals surface area (Å²) in [6.07, 6.45) is 10.1. The number of aromatic nitrogens is 3. The van der Waals surface area contributed by atoms with E-state index in [1.807, 2.05) is 35.2 Å². The maximum absolute atomic E-state index is 13.6. The molecule has 210 valence electrons. The van der Waals surface area contributed by atoms with Crippen LogP contribution in [0.2, 0.25) is 11.3 Å². The standard InChI is InChI=1S/C31H33BClN5O3/c32-15-7-2-1-6-10-27(39)38-16-13-21(14-17-38)37-31-28-25(19-34-30(28)35-20-36-31)29(40)24-12-11-23(18-26(24)33)41-22-8-4-3-5-9-22/h3-5,8-9,11-12,18-21H,1-2,6-7,10,13-17H2,(H2,34,35,36,37). The van der Waals surface area contributed by atoms with E-state index in [9.17, 15) is 9.59 Å². The fourth-order valence-corrected chi connectivity index (χ4v) is 5.42. The van der Waals surface area contributed by atoms with Gasteiger partial charge in [0.2, 0.25) is 5.91 Å². The topological polar surface area (TPSA) is 100 Å². The van der Waals surface area contributed by atoms with E-state index in [-0.39, 0.29) is 17.7 Å². The number of ether oxygens (including phenoxy) is 1. The molecule has 1 amide bonds. The van der Waals surface area contributed by atoms with Crippen molar-refractivity contribution < 1.29 is 14.3 Å². The van der Waals surface area contributed by atoms with Gasteiger partial charge < -0.3 is 19.9 Å². The maximum Gasteiger partial charge on any atom is 0.222 e. The van der Waals surface area contributed by atoms with Crippen LogP contribution in [-0.4, -0.2) is 58.5 Å². The van der Waals surface area contributed by atoms with Crippen LogP contribution >= 0.6 is 11.6 Å². The quantitative estimate of drug-likeness (QED) is 0.114. The Hall–Kier alpha value is -3.85. The van der Waals surface area contributed by atoms with Gasteiger partial charge in [-0.25, -0.2) is 9.97 Å². The molecule has 1 fully saturated rings. The predicted octanol–water partition coefficient (Wildman–Crippen LogP) is 6.57. The number of piperidine rings is 1. The molecule has 3 heterocycles. The molecular formula is C31H33BClN5O3. The number of carbonyl (C=O) groups is 2. The van der Waals surface area contributed by atoms with Gasteiger partial charge in [0.25, 0.3) is 0 Å². The van der Waals surface area contributed by atoms with E-state index in [2.05, 4.69) is 20.3 Å². The van der Waals surface area contributed by atoms with Gasteiger partial charge in [-0.2, -0.15) is 0 Å². The third kappa shape index (κ3) is 7.09. The number of nitrogens with one attached hydrogen (secondary N) is 2. The van der Waals surface area contributed by atoms with E-state index in [1.165, 1.54) is 6.33 Å². The number of rotatable bonds is 12. The first kappa shape index (κ1) is 28.7. The summed E-state index contributed by atoms with van der Waals surface area (Å²) in [5.41, 5.74) is 1.36. The number of aromatic amines is 1. The van der Waals surface area contributed by atoms with Crippen LogP contribution < -0.4 is 10.1 Å². The zero-order valence-corrected chi connectivity index (χ0v) is 23.7. The lowest BCUT2D eigenvalue weighted by Gasteiger charge is -2.33. The summed E-state index contributed by atoms with van der Waals surface area (Å²) in [4.78, 5) is 40.1. The van der Waals surface area contributed by atoms with Crippen molar-refractivity contribution in [2.45, 2.75) is 57.3 Å². The molecule has 1 saturated heterocycles. The van der Waals surface area contributed by atoms with Crippen molar-refractivity contribution in [2.75, 3.05) is 18.4 Å². The molecule has 0 saturated carbocycles. The third-order valence-electron chi connectivity index (χ3n) is 7.41. The van der Waals surface area contributed by atoms with E-state index in [1.54, 1.807) is 24.4 Å². The minimum Gasteiger partial charge on any atom is -0.457 e. The zero-order valence-electron chi connectivity index (χ0n) is 22.9. The van der Waals surface area contributed by atoms with Crippen molar-refractivity contribution in [3.8, 4) is 11.5 Å². The molecule has 2 N–H and O–H groups in total. The first-order valence-corrected chi connectivity index (χ1v) is 14.5. The van der Waals surface area contributed by atoms with Crippen LogP contribution in [0, 0.1) is 0 Å². The number of carbonyl (C=O) groups excluding carboxylic acids is 2. The lowest BCUT2D eigenvalue weighted by molar-refractivity contribution is -0.132. The number of nitrogens with zero attached hydrogens (tertiary/aromatic N) is 3. The average Bonchev–Trinajstić information content (AvgIpc) is 3.43. The summed E-state index contributed by atoms with van der Waals surface area (Å²) < 4.78 is 5.85. The van der Waals surface area contributed by atoms with E-state index < -0.39 is 0 Å². The monoisotopic (exact) mass is 569 g/mol. The highest BCUT2D eigenvalue weighted by atomic mass is 35.5. The van der Waals surface area contributed by atoms with Crippen molar-refractivity contribution >= 4 is 48.0 Å². The van der Waals surface area contributed by atoms with Crippen LogP contribution in [-0.2, 0) is 4.79 Å². The summed E-state index contributed by atoms with van der Waals surface area (Å²) in [5, 5.41) is 4.42. The Morgan fingerprint density at radius 1 is 1.00 bits per heavy atom. The Morgan fingerprint density at radius 3 is 2.54 bits per heavy atom. The highest BCUT2D eigenvalue weighted by Crippen LogP contribution is 2.32. The lowest BCUT2D eigenvalue weighted by Crippen LogP contribution is -2.42. The molecule has 8 nitrogen and oxygen atoms in total. The number of hydrogen-bond donors (Lipinski definition) is 2. The second kappa shape index (κ2) is 13.7. The average molecular weight is 570 g/mol. The van der Waals surface area contributed by atoms with Crippen molar-refractivity contribution in [2.24, 2.45) is 0 Å². The van der Waals surface area contributed by atoms with Crippen LogP contribution in [0.15, 0.2) is 61.1 Å². The Balaban J connectivity index is 1.24. The fourth-order valence-electron chi connectivity index (χ4n) is 5.16. The molecule has 5 rings (SSSR count). The SMILES string of the molecule is [B]CCCCCCC(=O)N1CCC(Nc2ncnc3[nH]cc(C(=O)c4ccc(Oc5ccccc5)cc4Cl)c23)CC1. The van der Waals surface area contributed by atoms with E-state index in [0.717, 1.165) is 38.5 Å². The summed E-state index contributed by atoms with van der Waals surface area (Å²) in [6, 6.07) is 14.5. The van der Waals surface area contributed by atoms with Gasteiger partial charge in [0, 0.05) is 43.4 Å². The molecule has 41 heavy (non-hydrogen) atoms. The van der Waals surface area contributed by atoms with Crippen LogP contribution in [0.4, 0.5) is 5.82 Å². The molecule has 0 unspecified atom stereocenters. The molecule has 2 radical (unpaired) electrons. The maximum atomic E-state index is 13.6. The summed E-state index contributed by atoms with van der Waals surface area (Å²) >= 11 is 6.55. The molecule has 10 heteroatoms. The number of benzene rings is 2. The molecule has 2 aromatic carbocycles. The summed E-state index contributed by atoms with van der Waals surface area (Å²) in [5.74, 6) is 1.79. The Bertz CT molecular complexity index is 1490. The number of para-hydroxylation sites is 1. The van der Waals surface area contributed by atoms with Crippen LogP contribution in [0.3, 0.4) is 0 Å². The van der Waals surface area contributed by atoms with Crippen LogP contribution in [0.1, 0.15) is 60.9 Å². The van der Waals surface area contributed by atoms with Crippen molar-refractivity contribution in [1.29, 1.82) is 0 Å². The van der Waals surface area contributed by atoms with Gasteiger partial charge in [0.05, 0.1) is 23.8 Å². The minimum atomic E-state index is -0.239. The molecular weight excluding hydrogens is 537 g/mol. The molecule has 0 spiro atoms. The highest BCUT2D eigenvalue weighted by molar-refractivity contribution is 6.35. The normalized spacial score (nSPS) is 13.8. The molecule has 4 aromatic rings. The van der Waals surface area contributed by atoms with E-state index in [0.29, 0.717) is 70.3 Å². The number of amides is 1. The third-order valence-corrected chi connectivity index (χ3v) is 7.72. The highest BCUT2D eigenvalue weighted by Gasteiger charge is 2.25. The number of anilines is 1. The predicted molar refractivity (Wildman–Crippen MR) is 162 cm³/mol. The number of hydrogen-bond acceptors (Lipinski definition) is 6. The van der Waals surface area contributed by atoms with Crippen molar-refractivity contribution in [1.82, 2.24) is 19.9 Å². The smallest absolute Gasteiger partial charge is 0.222 e. The van der Waals surface area contributed by atoms with Gasteiger partial charge in [0.1, 0.15) is 29.3 Å². The summed E-state index contributed by atoms with van der Waals surface area (Å²) in [6.45, 7) is 1.39. The Kier molecular flexibility index (Phi) is 9.57. The van der Waals surface area contributed by atoms with Crippen LogP contribution in [0.25, 0.3) is 11.0 Å². The molecule has 1 aliphatic heterocycles. The number of halogens is 1. The molecule has 0 bridgehead atoms. The van der Waals surface area contributed by atoms with Gasteiger partial charge in [-0.05, 0) is 43.5 Å². The number of ketones is 1. The van der Waals surface area contributed by atoms with Crippen molar-refractivity contribution in [3.63, 3.8) is 0 Å². The van der Waals surface area contributed by atoms with E-state index in [4.69, 9.17) is 24.2 Å². The van der Waals surface area contributed by atoms with Gasteiger partial charge in [-0.15, -0.1) is 0 Å². The number of H-pyrrole nitrogens is 1. The van der Waals surface area contributed by atoms with Crippen LogP contribution in [0.5, 0.6) is 11.5 Å². The van der Waals surface area contributed by atoms with Gasteiger partial charge in [-0.3, -0.25) is 9.59 Å². The van der Waals surface area contributed by atoms with E-state index >= 15 is 0 Å². The molecule has 0 aliphatic carbocycles. The fraction of sp³-hybridized carbons (Fsp3) is 0.355. The Morgan fingerprint density at radius 2 is 1.78 bits per heavy atom. The van der Waals surface area contributed by atoms with Gasteiger partial charge in [0.15, 0.2) is 5.78 Å². The second-order valence-corrected chi connectivity index (χ2v) is 10.7. The lowest BCUT2D eigenvalue weighted by atomic mass is 9.98. The largest absolute Gasteiger partial charge is 0.457 e. The van der Waals surface area contributed by atoms with Gasteiger partial charge >= 0.3 is 0 Å². The zero-order chi connectivity index (χ0) is 28.6. The second-order valence-electron chi connectivity index (χ2n) is 10.3. The molecule has 1 aliphatic rings.